The Morgan fingerprint density at radius 1 is 1.11 bits per heavy atom. The maximum atomic E-state index is 13.5. The summed E-state index contributed by atoms with van der Waals surface area (Å²) in [7, 11) is -1.25. The molecule has 3 N–H and O–H groups in total. The van der Waals surface area contributed by atoms with Crippen LogP contribution in [-0.2, 0) is 20.8 Å². The van der Waals surface area contributed by atoms with Crippen LogP contribution < -0.4 is 9.97 Å². The molecule has 1 fully saturated rings. The standard InChI is InChI=1S/C26H30BN3O7/c1-3-29-12-13-30(25(34)24(29)33)26(35)28-21(22(32)17-9-5-4-6-10-17)20(31)15-19-14-18-11-7-8-16(2)23(18)37-27(19)36/h4-11,19,21-22,32,36H,3,12-15H2,1-2H3,(H,28,35)/t19-,21+,22?/m1/s1. The minimum Gasteiger partial charge on any atom is -0.536 e. The molecular weight excluding hydrogens is 477 g/mol. The number of fused-ring (bicyclic) bond motifs is 1. The number of hydrogen-bond acceptors (Lipinski definition) is 7. The summed E-state index contributed by atoms with van der Waals surface area (Å²) in [4.78, 5) is 53.4. The first kappa shape index (κ1) is 26.4. The van der Waals surface area contributed by atoms with Crippen LogP contribution in [0.3, 0.4) is 0 Å². The number of carbonyl (C=O) groups is 4. The molecule has 1 unspecified atom stereocenters. The van der Waals surface area contributed by atoms with Crippen molar-refractivity contribution >= 4 is 30.7 Å². The van der Waals surface area contributed by atoms with Crippen molar-refractivity contribution in [3.8, 4) is 5.75 Å². The second kappa shape index (κ2) is 11.1. The number of rotatable bonds is 7. The van der Waals surface area contributed by atoms with Gasteiger partial charge in [0.1, 0.15) is 17.9 Å². The lowest BCUT2D eigenvalue weighted by atomic mass is 9.64. The molecule has 194 valence electrons. The van der Waals surface area contributed by atoms with E-state index >= 15 is 0 Å². The van der Waals surface area contributed by atoms with Crippen LogP contribution in [0.5, 0.6) is 5.75 Å². The molecule has 2 aliphatic heterocycles. The van der Waals surface area contributed by atoms with Crippen LogP contribution in [0.2, 0.25) is 5.82 Å². The Kier molecular flexibility index (Phi) is 7.94. The zero-order valence-corrected chi connectivity index (χ0v) is 20.8. The van der Waals surface area contributed by atoms with Crippen molar-refractivity contribution in [3.05, 3.63) is 65.2 Å². The number of benzene rings is 2. The molecule has 0 aliphatic carbocycles. The number of nitrogens with zero attached hydrogens (tertiary/aromatic N) is 2. The van der Waals surface area contributed by atoms with E-state index in [-0.39, 0.29) is 19.5 Å². The minimum atomic E-state index is -1.42. The number of amides is 4. The number of aliphatic hydroxyl groups excluding tert-OH is 1. The highest BCUT2D eigenvalue weighted by Gasteiger charge is 2.41. The Balaban J connectivity index is 1.54. The molecule has 2 aliphatic rings. The lowest BCUT2D eigenvalue weighted by molar-refractivity contribution is -0.153. The van der Waals surface area contributed by atoms with Crippen molar-refractivity contribution < 1.29 is 34.0 Å². The zero-order chi connectivity index (χ0) is 26.7. The number of Topliss-reactive ketones (excluding diaryl/α,β-unsaturated/α-hetero) is 1. The molecule has 3 atom stereocenters. The average Bonchev–Trinajstić information content (AvgIpc) is 2.89. The second-order valence-corrected chi connectivity index (χ2v) is 9.33. The van der Waals surface area contributed by atoms with Crippen molar-refractivity contribution in [2.24, 2.45) is 0 Å². The van der Waals surface area contributed by atoms with E-state index in [1.807, 2.05) is 25.1 Å². The number of likely N-dealkylation sites (N-methyl/N-ethyl adjacent to an activating group) is 1. The molecule has 0 aromatic heterocycles. The van der Waals surface area contributed by atoms with Gasteiger partial charge in [-0.05, 0) is 37.0 Å². The molecular formula is C26H30BN3O7. The molecule has 10 nitrogen and oxygen atoms in total. The van der Waals surface area contributed by atoms with Gasteiger partial charge in [-0.1, -0.05) is 48.5 Å². The van der Waals surface area contributed by atoms with Crippen molar-refractivity contribution in [3.63, 3.8) is 0 Å². The third-order valence-corrected chi connectivity index (χ3v) is 6.90. The van der Waals surface area contributed by atoms with Gasteiger partial charge in [0, 0.05) is 31.9 Å². The van der Waals surface area contributed by atoms with E-state index in [2.05, 4.69) is 5.32 Å². The van der Waals surface area contributed by atoms with Gasteiger partial charge >= 0.3 is 25.0 Å². The normalized spacial score (nSPS) is 19.1. The molecule has 0 bridgehead atoms. The van der Waals surface area contributed by atoms with Gasteiger partial charge in [-0.2, -0.15) is 0 Å². The van der Waals surface area contributed by atoms with E-state index in [1.165, 1.54) is 4.90 Å². The summed E-state index contributed by atoms with van der Waals surface area (Å²) < 4.78 is 5.68. The molecule has 11 heteroatoms. The van der Waals surface area contributed by atoms with E-state index in [4.69, 9.17) is 4.65 Å². The van der Waals surface area contributed by atoms with Crippen LogP contribution >= 0.6 is 0 Å². The fraction of sp³-hybridized carbons (Fsp3) is 0.385. The summed E-state index contributed by atoms with van der Waals surface area (Å²) in [6, 6.07) is 11.6. The third-order valence-electron chi connectivity index (χ3n) is 6.90. The van der Waals surface area contributed by atoms with Crippen LogP contribution in [0.4, 0.5) is 4.79 Å². The van der Waals surface area contributed by atoms with E-state index < -0.39 is 48.7 Å². The summed E-state index contributed by atoms with van der Waals surface area (Å²) in [5, 5.41) is 24.2. The number of aliphatic hydroxyl groups is 1. The van der Waals surface area contributed by atoms with E-state index in [1.54, 1.807) is 37.3 Å². The molecule has 37 heavy (non-hydrogen) atoms. The summed E-state index contributed by atoms with van der Waals surface area (Å²) in [6.07, 6.45) is -1.24. The van der Waals surface area contributed by atoms with Gasteiger partial charge in [0.15, 0.2) is 5.78 Å². The molecule has 2 aromatic rings. The largest absolute Gasteiger partial charge is 0.536 e. The Labute approximate surface area is 215 Å². The average molecular weight is 507 g/mol. The predicted octanol–water partition coefficient (Wildman–Crippen LogP) is 1.24. The SMILES string of the molecule is CCN1CCN(C(=O)N[C@@H](C(=O)C[C@H]2Cc3cccc(C)c3OB2O)C(O)c2ccccc2)C(=O)C1=O. The van der Waals surface area contributed by atoms with Gasteiger partial charge in [0.05, 0.1) is 0 Å². The number of ketones is 1. The van der Waals surface area contributed by atoms with Gasteiger partial charge < -0.3 is 25.0 Å². The van der Waals surface area contributed by atoms with Gasteiger partial charge in [-0.25, -0.2) is 4.79 Å². The Morgan fingerprint density at radius 2 is 1.84 bits per heavy atom. The number of carbonyl (C=O) groups excluding carboxylic acids is 4. The maximum Gasteiger partial charge on any atom is 0.526 e. The summed E-state index contributed by atoms with van der Waals surface area (Å²) in [6.45, 7) is 4.08. The Morgan fingerprint density at radius 3 is 2.54 bits per heavy atom. The zero-order valence-electron chi connectivity index (χ0n) is 20.8. The second-order valence-electron chi connectivity index (χ2n) is 9.33. The number of imide groups is 1. The summed E-state index contributed by atoms with van der Waals surface area (Å²) in [5.74, 6) is -2.36. The van der Waals surface area contributed by atoms with Gasteiger partial charge in [-0.15, -0.1) is 0 Å². The number of urea groups is 1. The highest BCUT2D eigenvalue weighted by atomic mass is 16.5. The topological polar surface area (TPSA) is 136 Å². The molecule has 1 saturated heterocycles. The number of hydrogen-bond donors (Lipinski definition) is 3. The number of para-hydroxylation sites is 1. The predicted molar refractivity (Wildman–Crippen MR) is 135 cm³/mol. The van der Waals surface area contributed by atoms with Crippen molar-refractivity contribution in [2.45, 2.75) is 44.7 Å². The third kappa shape index (κ3) is 5.52. The molecule has 0 saturated carbocycles. The molecule has 4 rings (SSSR count). The molecule has 2 aromatic carbocycles. The lowest BCUT2D eigenvalue weighted by Crippen LogP contribution is -2.60. The smallest absolute Gasteiger partial charge is 0.526 e. The van der Waals surface area contributed by atoms with Crippen LogP contribution in [0, 0.1) is 6.92 Å². The van der Waals surface area contributed by atoms with Crippen LogP contribution in [0.15, 0.2) is 48.5 Å². The number of aryl methyl sites for hydroxylation is 1. The van der Waals surface area contributed by atoms with E-state index in [0.29, 0.717) is 24.3 Å². The first-order chi connectivity index (χ1) is 17.7. The summed E-state index contributed by atoms with van der Waals surface area (Å²) >= 11 is 0. The summed E-state index contributed by atoms with van der Waals surface area (Å²) in [5.41, 5.74) is 2.11. The molecule has 4 amide bonds. The van der Waals surface area contributed by atoms with E-state index in [9.17, 15) is 29.3 Å². The first-order valence-electron chi connectivity index (χ1n) is 12.3. The first-order valence-corrected chi connectivity index (χ1v) is 12.3. The Hall–Kier alpha value is -3.70. The monoisotopic (exact) mass is 507 g/mol. The highest BCUT2D eigenvalue weighted by molar-refractivity contribution is 6.46. The lowest BCUT2D eigenvalue weighted by Gasteiger charge is -2.34. The number of piperazine rings is 1. The Bertz CT molecular complexity index is 1190. The van der Waals surface area contributed by atoms with Crippen LogP contribution in [0.25, 0.3) is 0 Å². The number of nitrogens with one attached hydrogen (secondary N) is 1. The minimum absolute atomic E-state index is 0.0299. The molecule has 0 radical (unpaired) electrons. The van der Waals surface area contributed by atoms with Gasteiger partial charge in [0.2, 0.25) is 0 Å². The van der Waals surface area contributed by atoms with Crippen LogP contribution in [-0.4, -0.2) is 76.4 Å². The van der Waals surface area contributed by atoms with Gasteiger partial charge in [0.25, 0.3) is 0 Å². The quantitative estimate of drug-likeness (QED) is 0.379. The molecule has 0 spiro atoms. The molecule has 2 heterocycles. The van der Waals surface area contributed by atoms with Gasteiger partial charge in [-0.3, -0.25) is 19.3 Å². The van der Waals surface area contributed by atoms with Crippen molar-refractivity contribution in [1.82, 2.24) is 15.1 Å². The maximum absolute atomic E-state index is 13.5. The van der Waals surface area contributed by atoms with E-state index in [0.717, 1.165) is 16.0 Å². The van der Waals surface area contributed by atoms with Crippen molar-refractivity contribution in [1.29, 1.82) is 0 Å². The fourth-order valence-corrected chi connectivity index (χ4v) is 4.76. The highest BCUT2D eigenvalue weighted by Crippen LogP contribution is 2.36. The fourth-order valence-electron chi connectivity index (χ4n) is 4.76. The van der Waals surface area contributed by atoms with Crippen molar-refractivity contribution in [2.75, 3.05) is 19.6 Å². The van der Waals surface area contributed by atoms with Crippen LogP contribution in [0.1, 0.15) is 36.1 Å².